The Bertz CT molecular complexity index is 2070. The van der Waals surface area contributed by atoms with E-state index in [0.717, 1.165) is 16.0 Å². The molecule has 48 heavy (non-hydrogen) atoms. The van der Waals surface area contributed by atoms with E-state index in [4.69, 9.17) is 0 Å². The highest BCUT2D eigenvalue weighted by atomic mass is 16.4. The molecule has 2 saturated heterocycles. The van der Waals surface area contributed by atoms with E-state index in [-0.39, 0.29) is 34.8 Å². The number of hydrogen-bond donors (Lipinski definition) is 3. The van der Waals surface area contributed by atoms with Crippen molar-refractivity contribution in [3.05, 3.63) is 142 Å². The smallest absolute Gasteiger partial charge is 0.325 e. The van der Waals surface area contributed by atoms with E-state index < -0.39 is 53.6 Å². The third kappa shape index (κ3) is 4.94. The predicted molar refractivity (Wildman–Crippen MR) is 173 cm³/mol. The normalized spacial score (nSPS) is 22.9. The van der Waals surface area contributed by atoms with Gasteiger partial charge in [-0.2, -0.15) is 0 Å². The molecule has 2 fully saturated rings. The lowest BCUT2D eigenvalue weighted by atomic mass is 9.77. The molecule has 0 bridgehead atoms. The number of ketones is 2. The van der Waals surface area contributed by atoms with Gasteiger partial charge in [-0.15, -0.1) is 0 Å². The minimum absolute atomic E-state index is 0.141. The molecule has 4 aromatic carbocycles. The van der Waals surface area contributed by atoms with Crippen molar-refractivity contribution in [2.75, 3.05) is 0 Å². The Hall–Kier alpha value is -6.00. The van der Waals surface area contributed by atoms with Gasteiger partial charge in [0.2, 0.25) is 11.8 Å². The first-order valence-electron chi connectivity index (χ1n) is 15.3. The summed E-state index contributed by atoms with van der Waals surface area (Å²) < 4.78 is 0. The second-order valence-electron chi connectivity index (χ2n) is 12.2. The lowest BCUT2D eigenvalue weighted by molar-refractivity contribution is -0.156. The van der Waals surface area contributed by atoms with Crippen LogP contribution in [0.3, 0.4) is 0 Å². The Labute approximate surface area is 274 Å². The summed E-state index contributed by atoms with van der Waals surface area (Å²) in [6.45, 7) is -0.292. The molecule has 0 spiro atoms. The van der Waals surface area contributed by atoms with Crippen LogP contribution in [0.25, 0.3) is 12.2 Å². The number of carbonyl (C=O) groups is 6. The average molecular weight is 641 g/mol. The van der Waals surface area contributed by atoms with Crippen LogP contribution in [0.1, 0.15) is 66.6 Å². The number of likely N-dealkylation sites (tertiary alicyclic amines) is 1. The molecule has 4 unspecified atom stereocenters. The summed E-state index contributed by atoms with van der Waals surface area (Å²) in [5.41, 5.74) is 1.38. The van der Waals surface area contributed by atoms with E-state index in [1.165, 1.54) is 12.1 Å². The third-order valence-corrected chi connectivity index (χ3v) is 9.45. The van der Waals surface area contributed by atoms with Crippen LogP contribution in [-0.4, -0.2) is 56.0 Å². The Morgan fingerprint density at radius 3 is 1.92 bits per heavy atom. The predicted octanol–water partition coefficient (Wildman–Crippen LogP) is 4.38. The molecule has 2 aliphatic heterocycles. The average Bonchev–Trinajstić information content (AvgIpc) is 3.56. The molecule has 0 aromatic heterocycles. The summed E-state index contributed by atoms with van der Waals surface area (Å²) in [5, 5.41) is 23.1. The van der Waals surface area contributed by atoms with Crippen LogP contribution in [-0.2, 0) is 25.7 Å². The van der Waals surface area contributed by atoms with Gasteiger partial charge in [-0.3, -0.25) is 39.0 Å². The summed E-state index contributed by atoms with van der Waals surface area (Å²) in [6, 6.07) is 26.7. The minimum atomic E-state index is -2.25. The van der Waals surface area contributed by atoms with Gasteiger partial charge in [-0.25, -0.2) is 0 Å². The van der Waals surface area contributed by atoms with Crippen LogP contribution in [0.2, 0.25) is 0 Å². The lowest BCUT2D eigenvalue weighted by Crippen LogP contribution is -2.56. The van der Waals surface area contributed by atoms with Crippen LogP contribution in [0.4, 0.5) is 0 Å². The number of aliphatic carboxylic acids is 2. The number of carboxylic acid groups (broad SMARTS) is 2. The first kappa shape index (κ1) is 30.6. The number of imide groups is 1. The Balaban J connectivity index is 1.21. The monoisotopic (exact) mass is 640 g/mol. The highest BCUT2D eigenvalue weighted by molar-refractivity contribution is 6.28. The maximum Gasteiger partial charge on any atom is 0.325 e. The molecule has 10 nitrogen and oxygen atoms in total. The highest BCUT2D eigenvalue weighted by Crippen LogP contribution is 2.50. The molecule has 1 aliphatic carbocycles. The Morgan fingerprint density at radius 1 is 0.708 bits per heavy atom. The van der Waals surface area contributed by atoms with Gasteiger partial charge >= 0.3 is 11.9 Å². The van der Waals surface area contributed by atoms with Crippen molar-refractivity contribution in [3.8, 4) is 0 Å². The fourth-order valence-electron chi connectivity index (χ4n) is 7.18. The zero-order valence-corrected chi connectivity index (χ0v) is 25.3. The quantitative estimate of drug-likeness (QED) is 0.165. The molecule has 2 amide bonds. The van der Waals surface area contributed by atoms with Gasteiger partial charge in [0, 0.05) is 28.3 Å². The van der Waals surface area contributed by atoms with Crippen molar-refractivity contribution in [3.63, 3.8) is 0 Å². The molecule has 7 rings (SSSR count). The van der Waals surface area contributed by atoms with Gasteiger partial charge in [0.15, 0.2) is 11.6 Å². The molecule has 10 heteroatoms. The zero-order chi connectivity index (χ0) is 33.7. The summed E-state index contributed by atoms with van der Waals surface area (Å²) >= 11 is 0. The van der Waals surface area contributed by atoms with E-state index in [1.807, 2.05) is 42.5 Å². The Morgan fingerprint density at radius 2 is 1.29 bits per heavy atom. The fourth-order valence-corrected chi connectivity index (χ4v) is 7.18. The summed E-state index contributed by atoms with van der Waals surface area (Å²) in [5.74, 6) is -7.86. The molecular formula is C38H28N2O8. The highest BCUT2D eigenvalue weighted by Gasteiger charge is 2.69. The molecule has 2 heterocycles. The van der Waals surface area contributed by atoms with Crippen LogP contribution in [0.15, 0.2) is 97.1 Å². The van der Waals surface area contributed by atoms with Crippen molar-refractivity contribution < 1.29 is 39.0 Å². The number of benzene rings is 4. The molecule has 0 saturated carbocycles. The van der Waals surface area contributed by atoms with Gasteiger partial charge in [-0.1, -0.05) is 97.1 Å². The zero-order valence-electron chi connectivity index (χ0n) is 25.3. The fraction of sp³-hybridized carbons (Fsp3) is 0.158. The summed E-state index contributed by atoms with van der Waals surface area (Å²) in [6.07, 6.45) is 2.90. The summed E-state index contributed by atoms with van der Waals surface area (Å²) in [7, 11) is 0. The second kappa shape index (κ2) is 11.7. The van der Waals surface area contributed by atoms with Crippen LogP contribution in [0, 0.1) is 11.8 Å². The molecule has 0 radical (unpaired) electrons. The van der Waals surface area contributed by atoms with Crippen molar-refractivity contribution in [1.29, 1.82) is 0 Å². The molecule has 3 aliphatic rings. The minimum Gasteiger partial charge on any atom is -0.481 e. The third-order valence-electron chi connectivity index (χ3n) is 9.45. The SMILES string of the molecule is O=C(O)CC1(C(=O)O)NC(c2ccc(/C=C/c3ccccc3)cc2)C2C(=O)N(Cc3ccc4c(c3)C(=O)c3ccccc3C4=O)C(=O)C21. The van der Waals surface area contributed by atoms with Crippen LogP contribution in [0.5, 0.6) is 0 Å². The molecule has 4 atom stereocenters. The van der Waals surface area contributed by atoms with Crippen molar-refractivity contribution in [2.24, 2.45) is 11.8 Å². The van der Waals surface area contributed by atoms with Crippen LogP contribution < -0.4 is 5.32 Å². The molecular weight excluding hydrogens is 612 g/mol. The topological polar surface area (TPSA) is 158 Å². The van der Waals surface area contributed by atoms with E-state index in [9.17, 15) is 39.0 Å². The number of nitrogens with one attached hydrogen (secondary N) is 1. The Kier molecular flexibility index (Phi) is 7.45. The van der Waals surface area contributed by atoms with Crippen molar-refractivity contribution in [1.82, 2.24) is 10.2 Å². The number of amides is 2. The van der Waals surface area contributed by atoms with Crippen LogP contribution >= 0.6 is 0 Å². The first-order chi connectivity index (χ1) is 23.1. The maximum atomic E-state index is 14.1. The number of fused-ring (bicyclic) bond motifs is 3. The van der Waals surface area contributed by atoms with E-state index in [0.29, 0.717) is 16.7 Å². The number of hydrogen-bond acceptors (Lipinski definition) is 7. The van der Waals surface area contributed by atoms with Gasteiger partial charge in [0.1, 0.15) is 5.54 Å². The van der Waals surface area contributed by atoms with E-state index in [1.54, 1.807) is 54.6 Å². The molecule has 4 aromatic rings. The standard InChI is InChI=1S/C38H28N2O8/c41-29(42)19-38(37(47)48)31-30(32(39-38)24-15-12-22(13-16-24)11-10-21-6-2-1-3-7-21)35(45)40(36(31)46)20-23-14-17-27-28(18-23)34(44)26-9-5-4-8-25(26)33(27)43/h1-18,30-32,39H,19-20H2,(H,41,42)(H,47,48)/b11-10+. The first-order valence-corrected chi connectivity index (χ1v) is 15.3. The van der Waals surface area contributed by atoms with E-state index >= 15 is 0 Å². The molecule has 3 N–H and O–H groups in total. The maximum absolute atomic E-state index is 14.1. The second-order valence-corrected chi connectivity index (χ2v) is 12.2. The largest absolute Gasteiger partial charge is 0.481 e. The van der Waals surface area contributed by atoms with Gasteiger partial charge in [0.25, 0.3) is 0 Å². The lowest BCUT2D eigenvalue weighted by Gasteiger charge is -2.30. The molecule has 238 valence electrons. The number of nitrogens with zero attached hydrogens (tertiary/aromatic N) is 1. The summed E-state index contributed by atoms with van der Waals surface area (Å²) in [4.78, 5) is 80.2. The number of rotatable bonds is 8. The van der Waals surface area contributed by atoms with Gasteiger partial charge < -0.3 is 10.2 Å². The van der Waals surface area contributed by atoms with Gasteiger partial charge in [0.05, 0.1) is 24.8 Å². The van der Waals surface area contributed by atoms with Gasteiger partial charge in [-0.05, 0) is 34.4 Å². The van der Waals surface area contributed by atoms with Crippen molar-refractivity contribution in [2.45, 2.75) is 24.5 Å². The number of carbonyl (C=O) groups excluding carboxylic acids is 4. The van der Waals surface area contributed by atoms with Crippen molar-refractivity contribution >= 4 is 47.5 Å². The number of carboxylic acids is 2. The van der Waals surface area contributed by atoms with E-state index in [2.05, 4.69) is 5.32 Å².